The van der Waals surface area contributed by atoms with Gasteiger partial charge in [-0.2, -0.15) is 13.1 Å². The van der Waals surface area contributed by atoms with Crippen LogP contribution >= 0.6 is 0 Å². The molecule has 0 heterocycles. The van der Waals surface area contributed by atoms with Gasteiger partial charge >= 0.3 is 22.3 Å². The smallest absolute Gasteiger partial charge is 0.421 e. The monoisotopic (exact) mass is 308 g/mol. The number of carboxylic acid groups (broad SMARTS) is 1. The highest BCUT2D eigenvalue weighted by Crippen LogP contribution is 2.34. The molecule has 9 heteroatoms. The zero-order chi connectivity index (χ0) is 15.2. The maximum atomic E-state index is 11.6. The first-order valence-electron chi connectivity index (χ1n) is 6.40. The standard InChI is InChI=1S/C11H20N2O6S/c1-19-10(16)13-20(17,18)12-8-11(9(14)15)6-4-2-3-5-7-11/h12H,2-8H2,1H3,(H,13,16)(H,14,15). The van der Waals surface area contributed by atoms with Crippen LogP contribution in [-0.2, 0) is 19.7 Å². The second-order valence-electron chi connectivity index (χ2n) is 4.92. The lowest BCUT2D eigenvalue weighted by molar-refractivity contribution is -0.149. The Balaban J connectivity index is 2.72. The number of rotatable bonds is 5. The minimum absolute atomic E-state index is 0.241. The van der Waals surface area contributed by atoms with Gasteiger partial charge in [0, 0.05) is 6.54 Å². The van der Waals surface area contributed by atoms with Crippen LogP contribution in [0.4, 0.5) is 4.79 Å². The van der Waals surface area contributed by atoms with Gasteiger partial charge in [-0.25, -0.2) is 9.52 Å². The molecule has 3 N–H and O–H groups in total. The van der Waals surface area contributed by atoms with Gasteiger partial charge in [0.1, 0.15) is 0 Å². The van der Waals surface area contributed by atoms with E-state index in [-0.39, 0.29) is 6.54 Å². The number of ether oxygens (including phenoxy) is 1. The van der Waals surface area contributed by atoms with Crippen molar-refractivity contribution in [3.05, 3.63) is 0 Å². The fourth-order valence-corrected chi connectivity index (χ4v) is 3.13. The first-order valence-corrected chi connectivity index (χ1v) is 7.88. The summed E-state index contributed by atoms with van der Waals surface area (Å²) < 4.78 is 31.1. The Morgan fingerprint density at radius 2 is 1.75 bits per heavy atom. The number of amides is 1. The van der Waals surface area contributed by atoms with Gasteiger partial charge in [0.15, 0.2) is 0 Å². The average molecular weight is 308 g/mol. The van der Waals surface area contributed by atoms with Crippen LogP contribution in [0.1, 0.15) is 38.5 Å². The molecule has 0 unspecified atom stereocenters. The van der Waals surface area contributed by atoms with Crippen LogP contribution in [0.2, 0.25) is 0 Å². The normalized spacial score (nSPS) is 18.9. The quantitative estimate of drug-likeness (QED) is 0.639. The van der Waals surface area contributed by atoms with Crippen molar-refractivity contribution in [2.75, 3.05) is 13.7 Å². The molecule has 0 aromatic rings. The SMILES string of the molecule is COC(=O)NS(=O)(=O)NCC1(C(=O)O)CCCCCC1. The Labute approximate surface area is 118 Å². The lowest BCUT2D eigenvalue weighted by atomic mass is 9.80. The van der Waals surface area contributed by atoms with E-state index in [4.69, 9.17) is 0 Å². The second-order valence-corrected chi connectivity index (χ2v) is 6.42. The van der Waals surface area contributed by atoms with Crippen molar-refractivity contribution in [1.29, 1.82) is 0 Å². The third kappa shape index (κ3) is 4.64. The molecule has 20 heavy (non-hydrogen) atoms. The number of carboxylic acids is 1. The number of hydrogen-bond donors (Lipinski definition) is 3. The number of methoxy groups -OCH3 is 1. The van der Waals surface area contributed by atoms with Crippen molar-refractivity contribution < 1.29 is 27.9 Å². The van der Waals surface area contributed by atoms with Gasteiger partial charge in [-0.1, -0.05) is 25.7 Å². The summed E-state index contributed by atoms with van der Waals surface area (Å²) in [5.41, 5.74) is -1.11. The fourth-order valence-electron chi connectivity index (χ4n) is 2.29. The molecular weight excluding hydrogens is 288 g/mol. The van der Waals surface area contributed by atoms with Gasteiger partial charge < -0.3 is 9.84 Å². The van der Waals surface area contributed by atoms with E-state index in [0.29, 0.717) is 12.8 Å². The van der Waals surface area contributed by atoms with Crippen LogP contribution in [0.25, 0.3) is 0 Å². The lowest BCUT2D eigenvalue weighted by Crippen LogP contribution is -2.47. The average Bonchev–Trinajstić information content (AvgIpc) is 2.62. The van der Waals surface area contributed by atoms with Crippen molar-refractivity contribution in [3.63, 3.8) is 0 Å². The Bertz CT molecular complexity index is 454. The molecule has 0 spiro atoms. The molecular formula is C11H20N2O6S. The van der Waals surface area contributed by atoms with E-state index in [0.717, 1.165) is 32.8 Å². The Kier molecular flexibility index (Phi) is 5.75. The van der Waals surface area contributed by atoms with Crippen LogP contribution in [0.5, 0.6) is 0 Å². The predicted octanol–water partition coefficient (Wildman–Crippen LogP) is 0.602. The predicted molar refractivity (Wildman–Crippen MR) is 70.2 cm³/mol. The van der Waals surface area contributed by atoms with E-state index in [1.54, 1.807) is 4.72 Å². The molecule has 0 aliphatic heterocycles. The number of carbonyl (C=O) groups is 2. The zero-order valence-corrected chi connectivity index (χ0v) is 12.2. The van der Waals surface area contributed by atoms with E-state index in [1.807, 2.05) is 0 Å². The van der Waals surface area contributed by atoms with Crippen LogP contribution in [-0.4, -0.2) is 39.2 Å². The highest BCUT2D eigenvalue weighted by Gasteiger charge is 2.39. The van der Waals surface area contributed by atoms with Gasteiger partial charge in [0.25, 0.3) is 0 Å². The first kappa shape index (κ1) is 16.7. The molecule has 1 aliphatic rings. The molecule has 1 rings (SSSR count). The van der Waals surface area contributed by atoms with Gasteiger partial charge in [-0.3, -0.25) is 4.79 Å². The summed E-state index contributed by atoms with van der Waals surface area (Å²) in [6, 6.07) is 0. The van der Waals surface area contributed by atoms with Gasteiger partial charge in [-0.05, 0) is 12.8 Å². The molecule has 8 nitrogen and oxygen atoms in total. The first-order chi connectivity index (χ1) is 9.31. The Morgan fingerprint density at radius 3 is 2.20 bits per heavy atom. The zero-order valence-electron chi connectivity index (χ0n) is 11.3. The third-order valence-corrected chi connectivity index (χ3v) is 4.48. The summed E-state index contributed by atoms with van der Waals surface area (Å²) in [6.07, 6.45) is 3.11. The van der Waals surface area contributed by atoms with E-state index in [1.165, 1.54) is 0 Å². The Hall–Kier alpha value is -1.35. The summed E-state index contributed by atoms with van der Waals surface area (Å²) in [4.78, 5) is 22.4. The maximum Gasteiger partial charge on any atom is 0.421 e. The molecule has 0 aromatic carbocycles. The summed E-state index contributed by atoms with van der Waals surface area (Å²) in [6.45, 7) is -0.241. The van der Waals surface area contributed by atoms with Gasteiger partial charge in [0.05, 0.1) is 12.5 Å². The highest BCUT2D eigenvalue weighted by atomic mass is 32.2. The summed E-state index contributed by atoms with van der Waals surface area (Å²) >= 11 is 0. The van der Waals surface area contributed by atoms with Crippen molar-refractivity contribution in [3.8, 4) is 0 Å². The molecule has 0 radical (unpaired) electrons. The number of aliphatic carboxylic acids is 1. The second kappa shape index (κ2) is 6.89. The summed E-state index contributed by atoms with van der Waals surface area (Å²) in [7, 11) is -3.08. The van der Waals surface area contributed by atoms with Crippen LogP contribution in [0, 0.1) is 5.41 Å². The van der Waals surface area contributed by atoms with E-state index >= 15 is 0 Å². The van der Waals surface area contributed by atoms with Crippen molar-refractivity contribution in [1.82, 2.24) is 9.44 Å². The van der Waals surface area contributed by atoms with Crippen molar-refractivity contribution in [2.45, 2.75) is 38.5 Å². The largest absolute Gasteiger partial charge is 0.481 e. The highest BCUT2D eigenvalue weighted by molar-refractivity contribution is 7.88. The molecule has 1 fully saturated rings. The number of nitrogens with one attached hydrogen (secondary N) is 2. The molecule has 0 saturated heterocycles. The van der Waals surface area contributed by atoms with Crippen molar-refractivity contribution in [2.24, 2.45) is 5.41 Å². The van der Waals surface area contributed by atoms with E-state index < -0.39 is 27.7 Å². The lowest BCUT2D eigenvalue weighted by Gasteiger charge is -2.27. The fraction of sp³-hybridized carbons (Fsp3) is 0.818. The van der Waals surface area contributed by atoms with Crippen LogP contribution in [0.15, 0.2) is 0 Å². The summed E-state index contributed by atoms with van der Waals surface area (Å²) in [5, 5.41) is 9.39. The number of hydrogen-bond acceptors (Lipinski definition) is 5. The van der Waals surface area contributed by atoms with Gasteiger partial charge in [0.2, 0.25) is 0 Å². The molecule has 0 aromatic heterocycles. The van der Waals surface area contributed by atoms with Crippen LogP contribution < -0.4 is 9.44 Å². The van der Waals surface area contributed by atoms with Crippen molar-refractivity contribution >= 4 is 22.3 Å². The molecule has 0 bridgehead atoms. The molecule has 0 atom stereocenters. The molecule has 1 saturated carbocycles. The minimum atomic E-state index is -4.11. The molecule has 116 valence electrons. The third-order valence-electron chi connectivity index (χ3n) is 3.52. The topological polar surface area (TPSA) is 122 Å². The molecule has 1 amide bonds. The van der Waals surface area contributed by atoms with E-state index in [9.17, 15) is 23.1 Å². The minimum Gasteiger partial charge on any atom is -0.481 e. The molecule has 1 aliphatic carbocycles. The van der Waals surface area contributed by atoms with Gasteiger partial charge in [-0.15, -0.1) is 0 Å². The Morgan fingerprint density at radius 1 is 1.20 bits per heavy atom. The maximum absolute atomic E-state index is 11.6. The van der Waals surface area contributed by atoms with E-state index in [2.05, 4.69) is 9.46 Å². The number of carbonyl (C=O) groups excluding carboxylic acids is 1. The van der Waals surface area contributed by atoms with Crippen LogP contribution in [0.3, 0.4) is 0 Å². The summed E-state index contributed by atoms with van der Waals surface area (Å²) in [5.74, 6) is -1.01.